The Balaban J connectivity index is 4.24. The molecule has 0 aliphatic heterocycles. The summed E-state index contributed by atoms with van der Waals surface area (Å²) in [7, 11) is 3.55. The second-order valence-corrected chi connectivity index (χ2v) is 5.59. The summed E-state index contributed by atoms with van der Waals surface area (Å²) in [5.74, 6) is 0.125. The van der Waals surface area contributed by atoms with Crippen molar-refractivity contribution >= 4 is 23.1 Å². The summed E-state index contributed by atoms with van der Waals surface area (Å²) in [6, 6.07) is 0. The number of hydrogen-bond donors (Lipinski definition) is 1. The fourth-order valence-electron chi connectivity index (χ4n) is 1.24. The Morgan fingerprint density at radius 1 is 1.35 bits per heavy atom. The molecule has 0 fully saturated rings. The van der Waals surface area contributed by atoms with Crippen LogP contribution in [0.2, 0.25) is 0 Å². The molecular formula is C12H25N3OS. The van der Waals surface area contributed by atoms with Gasteiger partial charge in [0.1, 0.15) is 0 Å². The van der Waals surface area contributed by atoms with Crippen molar-refractivity contribution in [2.24, 2.45) is 11.1 Å². The van der Waals surface area contributed by atoms with E-state index in [2.05, 4.69) is 11.8 Å². The van der Waals surface area contributed by atoms with Gasteiger partial charge in [0.2, 0.25) is 5.91 Å². The largest absolute Gasteiger partial charge is 0.393 e. The summed E-state index contributed by atoms with van der Waals surface area (Å²) in [5, 5.41) is 0. The molecule has 0 bridgehead atoms. The normalized spacial score (nSPS) is 11.6. The fourth-order valence-corrected chi connectivity index (χ4v) is 1.34. The van der Waals surface area contributed by atoms with E-state index in [-0.39, 0.29) is 11.3 Å². The van der Waals surface area contributed by atoms with Gasteiger partial charge in [0.25, 0.3) is 0 Å². The van der Waals surface area contributed by atoms with Crippen LogP contribution in [-0.4, -0.2) is 54.4 Å². The lowest BCUT2D eigenvalue weighted by atomic mass is 9.89. The number of thiocarbonyl (C=S) groups is 1. The van der Waals surface area contributed by atoms with Crippen molar-refractivity contribution in [3.8, 4) is 0 Å². The summed E-state index contributed by atoms with van der Waals surface area (Å²) < 4.78 is 0. The van der Waals surface area contributed by atoms with Crippen LogP contribution in [0.5, 0.6) is 0 Å². The molecule has 0 atom stereocenters. The summed E-state index contributed by atoms with van der Waals surface area (Å²) >= 11 is 5.03. The van der Waals surface area contributed by atoms with E-state index in [0.717, 1.165) is 19.5 Å². The highest BCUT2D eigenvalue weighted by Gasteiger charge is 2.22. The Labute approximate surface area is 110 Å². The van der Waals surface area contributed by atoms with Crippen LogP contribution in [-0.2, 0) is 4.79 Å². The van der Waals surface area contributed by atoms with Gasteiger partial charge in [-0.3, -0.25) is 9.69 Å². The number of amides is 1. The molecule has 0 saturated heterocycles. The second kappa shape index (κ2) is 6.91. The van der Waals surface area contributed by atoms with Crippen molar-refractivity contribution < 1.29 is 4.79 Å². The molecule has 0 radical (unpaired) electrons. The highest BCUT2D eigenvalue weighted by molar-refractivity contribution is 7.80. The van der Waals surface area contributed by atoms with E-state index in [1.165, 1.54) is 0 Å². The van der Waals surface area contributed by atoms with Gasteiger partial charge in [-0.05, 0) is 19.5 Å². The van der Waals surface area contributed by atoms with Gasteiger partial charge in [0.15, 0.2) is 0 Å². The van der Waals surface area contributed by atoms with Crippen LogP contribution in [0.3, 0.4) is 0 Å². The van der Waals surface area contributed by atoms with Crippen molar-refractivity contribution in [2.45, 2.75) is 27.2 Å². The number of nitrogens with two attached hydrogens (primary N) is 1. The van der Waals surface area contributed by atoms with E-state index in [1.54, 1.807) is 19.0 Å². The molecule has 100 valence electrons. The molecule has 0 spiro atoms. The molecule has 4 nitrogen and oxygen atoms in total. The summed E-state index contributed by atoms with van der Waals surface area (Å²) in [6.45, 7) is 8.27. The maximum atomic E-state index is 11.6. The maximum Gasteiger partial charge on any atom is 0.236 e. The molecule has 0 aliphatic rings. The zero-order chi connectivity index (χ0) is 13.6. The Morgan fingerprint density at radius 3 is 2.24 bits per heavy atom. The van der Waals surface area contributed by atoms with Gasteiger partial charge in [0.05, 0.1) is 11.5 Å². The van der Waals surface area contributed by atoms with Crippen LogP contribution in [0.1, 0.15) is 27.2 Å². The third kappa shape index (κ3) is 5.98. The Kier molecular flexibility index (Phi) is 6.64. The lowest BCUT2D eigenvalue weighted by Gasteiger charge is -2.28. The summed E-state index contributed by atoms with van der Waals surface area (Å²) in [4.78, 5) is 15.9. The van der Waals surface area contributed by atoms with Gasteiger partial charge >= 0.3 is 0 Å². The molecule has 17 heavy (non-hydrogen) atoms. The quantitative estimate of drug-likeness (QED) is 0.696. The van der Waals surface area contributed by atoms with Crippen molar-refractivity contribution in [1.29, 1.82) is 0 Å². The van der Waals surface area contributed by atoms with Crippen molar-refractivity contribution in [1.82, 2.24) is 9.80 Å². The van der Waals surface area contributed by atoms with Crippen LogP contribution in [0.4, 0.5) is 0 Å². The second-order valence-electron chi connectivity index (χ2n) is 5.16. The first kappa shape index (κ1) is 16.3. The van der Waals surface area contributed by atoms with Crippen molar-refractivity contribution in [3.05, 3.63) is 0 Å². The summed E-state index contributed by atoms with van der Waals surface area (Å²) in [6.07, 6.45) is 0.872. The van der Waals surface area contributed by atoms with Gasteiger partial charge in [0, 0.05) is 19.5 Å². The molecule has 0 aliphatic carbocycles. The van der Waals surface area contributed by atoms with Gasteiger partial charge < -0.3 is 10.6 Å². The zero-order valence-corrected chi connectivity index (χ0v) is 12.4. The van der Waals surface area contributed by atoms with Gasteiger partial charge in [-0.25, -0.2) is 0 Å². The first-order valence-electron chi connectivity index (χ1n) is 5.93. The maximum absolute atomic E-state index is 11.6. The average Bonchev–Trinajstić information content (AvgIpc) is 2.23. The van der Waals surface area contributed by atoms with Gasteiger partial charge in [-0.15, -0.1) is 0 Å². The minimum atomic E-state index is -0.149. The first-order chi connectivity index (χ1) is 7.70. The molecule has 0 saturated carbocycles. The van der Waals surface area contributed by atoms with E-state index in [4.69, 9.17) is 18.0 Å². The van der Waals surface area contributed by atoms with E-state index in [0.29, 0.717) is 11.5 Å². The van der Waals surface area contributed by atoms with Crippen LogP contribution in [0.25, 0.3) is 0 Å². The van der Waals surface area contributed by atoms with Crippen molar-refractivity contribution in [2.75, 3.05) is 33.7 Å². The first-order valence-corrected chi connectivity index (χ1v) is 6.34. The number of carbonyl (C=O) groups excluding carboxylic acids is 1. The molecule has 2 N–H and O–H groups in total. The Morgan fingerprint density at radius 2 is 1.88 bits per heavy atom. The fraction of sp³-hybridized carbons (Fsp3) is 0.833. The molecule has 0 aromatic carbocycles. The molecule has 0 aromatic rings. The summed E-state index contributed by atoms with van der Waals surface area (Å²) in [5.41, 5.74) is 5.54. The number of hydrogen-bond acceptors (Lipinski definition) is 3. The SMILES string of the molecule is CCN(CCC(C)(C)C(N)=S)CC(=O)N(C)C. The van der Waals surface area contributed by atoms with E-state index >= 15 is 0 Å². The minimum absolute atomic E-state index is 0.125. The third-order valence-corrected chi connectivity index (χ3v) is 3.58. The predicted octanol–water partition coefficient (Wildman–Crippen LogP) is 1.10. The molecular weight excluding hydrogens is 234 g/mol. The van der Waals surface area contributed by atoms with Crippen LogP contribution < -0.4 is 5.73 Å². The van der Waals surface area contributed by atoms with Crippen LogP contribution in [0, 0.1) is 5.41 Å². The third-order valence-electron chi connectivity index (χ3n) is 3.02. The average molecular weight is 259 g/mol. The van der Waals surface area contributed by atoms with Crippen molar-refractivity contribution in [3.63, 3.8) is 0 Å². The molecule has 0 heterocycles. The molecule has 0 rings (SSSR count). The number of likely N-dealkylation sites (N-methyl/N-ethyl adjacent to an activating group) is 2. The topological polar surface area (TPSA) is 49.6 Å². The standard InChI is InChI=1S/C12H25N3OS/c1-6-15(9-10(16)14(4)5)8-7-12(2,3)11(13)17/h6-9H2,1-5H3,(H2,13,17). The van der Waals surface area contributed by atoms with E-state index in [1.807, 2.05) is 13.8 Å². The molecule has 1 amide bonds. The molecule has 0 aromatic heterocycles. The van der Waals surface area contributed by atoms with Gasteiger partial charge in [-0.2, -0.15) is 0 Å². The van der Waals surface area contributed by atoms with E-state index in [9.17, 15) is 4.79 Å². The number of rotatable bonds is 7. The van der Waals surface area contributed by atoms with E-state index < -0.39 is 0 Å². The lowest BCUT2D eigenvalue weighted by molar-refractivity contribution is -0.129. The minimum Gasteiger partial charge on any atom is -0.393 e. The Hall–Kier alpha value is -0.680. The predicted molar refractivity (Wildman–Crippen MR) is 76.0 cm³/mol. The highest BCUT2D eigenvalue weighted by Crippen LogP contribution is 2.20. The smallest absolute Gasteiger partial charge is 0.236 e. The zero-order valence-electron chi connectivity index (χ0n) is 11.6. The molecule has 0 unspecified atom stereocenters. The highest BCUT2D eigenvalue weighted by atomic mass is 32.1. The Bertz CT molecular complexity index is 277. The molecule has 5 heteroatoms. The van der Waals surface area contributed by atoms with Crippen LogP contribution in [0.15, 0.2) is 0 Å². The van der Waals surface area contributed by atoms with Gasteiger partial charge in [-0.1, -0.05) is 33.0 Å². The van der Waals surface area contributed by atoms with Crippen LogP contribution >= 0.6 is 12.2 Å². The lowest BCUT2D eigenvalue weighted by Crippen LogP contribution is -2.40. The number of nitrogens with zero attached hydrogens (tertiary/aromatic N) is 2. The monoisotopic (exact) mass is 259 g/mol. The number of carbonyl (C=O) groups is 1.